The predicted octanol–water partition coefficient (Wildman–Crippen LogP) is 0.900. The standard InChI is InChI=1S/C13H15F3N2O2/c1-18(7-13(20)2-3-17-6-13)12(19)11-9(15)4-8(14)5-10(11)16/h4-5,17,20H,2-3,6-7H2,1H3. The number of aliphatic hydroxyl groups is 1. The Hall–Kier alpha value is -1.60. The second-order valence-corrected chi connectivity index (χ2v) is 5.06. The van der Waals surface area contributed by atoms with Gasteiger partial charge in [0, 0.05) is 25.7 Å². The van der Waals surface area contributed by atoms with Gasteiger partial charge in [-0.25, -0.2) is 13.2 Å². The number of carbonyl (C=O) groups excluding carboxylic acids is 1. The summed E-state index contributed by atoms with van der Waals surface area (Å²) in [6, 6.07) is 0.909. The van der Waals surface area contributed by atoms with Crippen molar-refractivity contribution in [2.45, 2.75) is 12.0 Å². The Bertz CT molecular complexity index is 507. The summed E-state index contributed by atoms with van der Waals surface area (Å²) in [5.74, 6) is -4.52. The van der Waals surface area contributed by atoms with Crippen LogP contribution in [0.4, 0.5) is 13.2 Å². The van der Waals surface area contributed by atoms with E-state index in [-0.39, 0.29) is 6.54 Å². The molecule has 0 aromatic heterocycles. The highest BCUT2D eigenvalue weighted by Crippen LogP contribution is 2.20. The van der Waals surface area contributed by atoms with Gasteiger partial charge in [0.25, 0.3) is 5.91 Å². The summed E-state index contributed by atoms with van der Waals surface area (Å²) < 4.78 is 39.9. The SMILES string of the molecule is CN(CC1(O)CCNC1)C(=O)c1c(F)cc(F)cc1F. The maximum absolute atomic E-state index is 13.5. The third kappa shape index (κ3) is 2.94. The number of nitrogens with one attached hydrogen (secondary N) is 1. The van der Waals surface area contributed by atoms with Crippen molar-refractivity contribution in [3.63, 3.8) is 0 Å². The molecule has 0 radical (unpaired) electrons. The minimum absolute atomic E-state index is 0.0604. The van der Waals surface area contributed by atoms with Crippen LogP contribution in [0.2, 0.25) is 0 Å². The van der Waals surface area contributed by atoms with Crippen LogP contribution in [-0.4, -0.2) is 48.2 Å². The monoisotopic (exact) mass is 288 g/mol. The topological polar surface area (TPSA) is 52.6 Å². The third-order valence-corrected chi connectivity index (χ3v) is 3.32. The van der Waals surface area contributed by atoms with Gasteiger partial charge in [-0.05, 0) is 13.0 Å². The van der Waals surface area contributed by atoms with Crippen LogP contribution in [0.1, 0.15) is 16.8 Å². The Balaban J connectivity index is 2.19. The van der Waals surface area contributed by atoms with Crippen LogP contribution in [0, 0.1) is 17.5 Å². The van der Waals surface area contributed by atoms with Crippen LogP contribution >= 0.6 is 0 Å². The normalized spacial score (nSPS) is 22.1. The molecule has 20 heavy (non-hydrogen) atoms. The van der Waals surface area contributed by atoms with Gasteiger partial charge >= 0.3 is 0 Å². The summed E-state index contributed by atoms with van der Waals surface area (Å²) in [7, 11) is 1.33. The van der Waals surface area contributed by atoms with E-state index in [0.717, 1.165) is 4.90 Å². The molecule has 110 valence electrons. The molecule has 1 fully saturated rings. The van der Waals surface area contributed by atoms with Gasteiger partial charge in [0.15, 0.2) is 0 Å². The number of halogens is 3. The van der Waals surface area contributed by atoms with Crippen molar-refractivity contribution in [1.82, 2.24) is 10.2 Å². The number of rotatable bonds is 3. The first-order valence-corrected chi connectivity index (χ1v) is 6.15. The predicted molar refractivity (Wildman–Crippen MR) is 65.7 cm³/mol. The van der Waals surface area contributed by atoms with E-state index in [1.165, 1.54) is 7.05 Å². The molecule has 1 saturated heterocycles. The first kappa shape index (κ1) is 14.8. The number of amides is 1. The molecule has 1 amide bonds. The molecule has 1 aliphatic rings. The zero-order valence-corrected chi connectivity index (χ0v) is 10.9. The van der Waals surface area contributed by atoms with E-state index >= 15 is 0 Å². The lowest BCUT2D eigenvalue weighted by molar-refractivity contribution is 0.0248. The fourth-order valence-corrected chi connectivity index (χ4v) is 2.32. The second-order valence-electron chi connectivity index (χ2n) is 5.06. The van der Waals surface area contributed by atoms with Crippen LogP contribution in [-0.2, 0) is 0 Å². The van der Waals surface area contributed by atoms with Crippen LogP contribution in [0.3, 0.4) is 0 Å². The zero-order chi connectivity index (χ0) is 14.9. The minimum atomic E-state index is -1.25. The average Bonchev–Trinajstić information content (AvgIpc) is 2.74. The Kier molecular flexibility index (Phi) is 4.01. The molecule has 0 bridgehead atoms. The Morgan fingerprint density at radius 3 is 2.50 bits per heavy atom. The maximum atomic E-state index is 13.5. The van der Waals surface area contributed by atoms with Crippen LogP contribution in [0.5, 0.6) is 0 Å². The molecule has 7 heteroatoms. The van der Waals surface area contributed by atoms with Crippen molar-refractivity contribution in [3.05, 3.63) is 35.1 Å². The fraction of sp³-hybridized carbons (Fsp3) is 0.462. The van der Waals surface area contributed by atoms with Crippen molar-refractivity contribution in [2.75, 3.05) is 26.7 Å². The van der Waals surface area contributed by atoms with E-state index in [2.05, 4.69) is 5.32 Å². The molecule has 1 aliphatic heterocycles. The van der Waals surface area contributed by atoms with Crippen molar-refractivity contribution >= 4 is 5.91 Å². The first-order valence-electron chi connectivity index (χ1n) is 6.15. The number of benzene rings is 1. The molecule has 1 heterocycles. The highest BCUT2D eigenvalue weighted by atomic mass is 19.1. The molecule has 2 N–H and O–H groups in total. The third-order valence-electron chi connectivity index (χ3n) is 3.32. The van der Waals surface area contributed by atoms with Crippen LogP contribution < -0.4 is 5.32 Å². The van der Waals surface area contributed by atoms with Gasteiger partial charge in [-0.3, -0.25) is 4.79 Å². The summed E-state index contributed by atoms with van der Waals surface area (Å²) in [6.45, 7) is 0.853. The van der Waals surface area contributed by atoms with Crippen molar-refractivity contribution in [1.29, 1.82) is 0 Å². The van der Waals surface area contributed by atoms with E-state index in [9.17, 15) is 23.1 Å². The fourth-order valence-electron chi connectivity index (χ4n) is 2.32. The number of hydrogen-bond donors (Lipinski definition) is 2. The number of likely N-dealkylation sites (N-methyl/N-ethyl adjacent to an activating group) is 1. The smallest absolute Gasteiger partial charge is 0.259 e. The molecule has 0 saturated carbocycles. The Labute approximate surface area is 114 Å². The lowest BCUT2D eigenvalue weighted by atomic mass is 10.0. The number of carbonyl (C=O) groups is 1. The summed E-state index contributed by atoms with van der Waals surface area (Å²) >= 11 is 0. The zero-order valence-electron chi connectivity index (χ0n) is 10.9. The van der Waals surface area contributed by atoms with Gasteiger partial charge in [0.05, 0.1) is 12.1 Å². The molecule has 0 aliphatic carbocycles. The van der Waals surface area contributed by atoms with Crippen LogP contribution in [0.15, 0.2) is 12.1 Å². The minimum Gasteiger partial charge on any atom is -0.387 e. The second kappa shape index (κ2) is 5.41. The molecular weight excluding hydrogens is 273 g/mol. The van der Waals surface area contributed by atoms with Gasteiger partial charge < -0.3 is 15.3 Å². The van der Waals surface area contributed by atoms with Crippen molar-refractivity contribution in [2.24, 2.45) is 0 Å². The molecule has 1 aromatic carbocycles. The number of nitrogens with zero attached hydrogens (tertiary/aromatic N) is 1. The molecule has 1 atom stereocenters. The Morgan fingerprint density at radius 2 is 2.00 bits per heavy atom. The summed E-state index contributed by atoms with van der Waals surface area (Å²) in [5, 5.41) is 13.1. The van der Waals surface area contributed by atoms with E-state index in [4.69, 9.17) is 0 Å². The van der Waals surface area contributed by atoms with Gasteiger partial charge in [0.1, 0.15) is 23.0 Å². The van der Waals surface area contributed by atoms with E-state index in [0.29, 0.717) is 31.6 Å². The van der Waals surface area contributed by atoms with Crippen molar-refractivity contribution < 1.29 is 23.1 Å². The molecule has 0 spiro atoms. The average molecular weight is 288 g/mol. The molecule has 2 rings (SSSR count). The highest BCUT2D eigenvalue weighted by molar-refractivity contribution is 5.94. The van der Waals surface area contributed by atoms with Gasteiger partial charge in [-0.1, -0.05) is 0 Å². The molecule has 1 aromatic rings. The maximum Gasteiger partial charge on any atom is 0.259 e. The van der Waals surface area contributed by atoms with Crippen LogP contribution in [0.25, 0.3) is 0 Å². The van der Waals surface area contributed by atoms with E-state index < -0.39 is 34.5 Å². The summed E-state index contributed by atoms with van der Waals surface area (Å²) in [4.78, 5) is 13.1. The van der Waals surface area contributed by atoms with E-state index in [1.54, 1.807) is 0 Å². The largest absolute Gasteiger partial charge is 0.387 e. The quantitative estimate of drug-likeness (QED) is 0.869. The Morgan fingerprint density at radius 1 is 1.40 bits per heavy atom. The molecule has 1 unspecified atom stereocenters. The van der Waals surface area contributed by atoms with Gasteiger partial charge in [0.2, 0.25) is 0 Å². The highest BCUT2D eigenvalue weighted by Gasteiger charge is 2.34. The first-order chi connectivity index (χ1) is 9.32. The lowest BCUT2D eigenvalue weighted by Gasteiger charge is -2.28. The lowest BCUT2D eigenvalue weighted by Crippen LogP contribution is -2.45. The van der Waals surface area contributed by atoms with E-state index in [1.807, 2.05) is 0 Å². The number of hydrogen-bond acceptors (Lipinski definition) is 3. The van der Waals surface area contributed by atoms with Crippen molar-refractivity contribution in [3.8, 4) is 0 Å². The van der Waals surface area contributed by atoms with Gasteiger partial charge in [-0.15, -0.1) is 0 Å². The number of β-amino-alcohol motifs (C(OH)–C–C–N with tert-alkyl or cyclic N) is 1. The molecule has 4 nitrogen and oxygen atoms in total. The van der Waals surface area contributed by atoms with Gasteiger partial charge in [-0.2, -0.15) is 0 Å². The summed E-state index contributed by atoms with van der Waals surface area (Å²) in [6.07, 6.45) is 0.443. The summed E-state index contributed by atoms with van der Waals surface area (Å²) in [5.41, 5.74) is -1.93. The molecular formula is C13H15F3N2O2.